The zero-order valence-corrected chi connectivity index (χ0v) is 14.5. The predicted molar refractivity (Wildman–Crippen MR) is 89.5 cm³/mol. The summed E-state index contributed by atoms with van der Waals surface area (Å²) in [5.41, 5.74) is 1.61. The number of hydrogen-bond acceptors (Lipinski definition) is 4. The first-order valence-corrected chi connectivity index (χ1v) is 8.67. The molecule has 0 radical (unpaired) electrons. The molecule has 2 aromatic carbocycles. The van der Waals surface area contributed by atoms with Crippen molar-refractivity contribution in [1.29, 1.82) is 0 Å². The molecule has 0 saturated carbocycles. The van der Waals surface area contributed by atoms with Crippen LogP contribution in [0.2, 0.25) is 0 Å². The Balaban J connectivity index is 2.36. The molecule has 0 bridgehead atoms. The highest BCUT2D eigenvalue weighted by Crippen LogP contribution is 2.29. The Labute approximate surface area is 137 Å². The lowest BCUT2D eigenvalue weighted by atomic mass is 10.1. The summed E-state index contributed by atoms with van der Waals surface area (Å²) in [5, 5.41) is 0. The van der Waals surface area contributed by atoms with Gasteiger partial charge in [-0.25, -0.2) is 13.1 Å². The average molecular weight is 335 g/mol. The Hall–Kier alpha value is -2.05. The Bertz CT molecular complexity index is 787. The number of aryl methyl sites for hydroxylation is 1. The summed E-state index contributed by atoms with van der Waals surface area (Å²) in [6.07, 6.45) is 0. The number of rotatable bonds is 6. The molecule has 124 valence electrons. The minimum absolute atomic E-state index is 0.127. The molecule has 0 saturated heterocycles. The molecule has 2 aromatic rings. The average Bonchev–Trinajstić information content (AvgIpc) is 2.54. The Morgan fingerprint density at radius 3 is 2.30 bits per heavy atom. The Morgan fingerprint density at radius 2 is 1.65 bits per heavy atom. The summed E-state index contributed by atoms with van der Waals surface area (Å²) >= 11 is 0. The van der Waals surface area contributed by atoms with E-state index >= 15 is 0 Å². The first-order valence-electron chi connectivity index (χ1n) is 7.19. The standard InChI is InChI=1S/C17H21NO4S/c1-12-9-10-16(22-4)17(11-12)23(19,20)18-13(2)14-7-5-6-8-15(14)21-3/h5-11,13,18H,1-4H3/t13-/m1/s1. The van der Waals surface area contributed by atoms with Crippen LogP contribution in [0.3, 0.4) is 0 Å². The van der Waals surface area contributed by atoms with Crippen LogP contribution in [0.1, 0.15) is 24.1 Å². The van der Waals surface area contributed by atoms with Crippen molar-refractivity contribution in [3.05, 3.63) is 53.6 Å². The van der Waals surface area contributed by atoms with Crippen molar-refractivity contribution in [1.82, 2.24) is 4.72 Å². The second-order valence-electron chi connectivity index (χ2n) is 5.24. The number of sulfonamides is 1. The maximum atomic E-state index is 12.7. The summed E-state index contributed by atoms with van der Waals surface area (Å²) in [4.78, 5) is 0.127. The van der Waals surface area contributed by atoms with E-state index in [1.807, 2.05) is 31.2 Å². The number of methoxy groups -OCH3 is 2. The topological polar surface area (TPSA) is 64.6 Å². The van der Waals surface area contributed by atoms with Crippen LogP contribution in [-0.4, -0.2) is 22.6 Å². The molecule has 23 heavy (non-hydrogen) atoms. The molecule has 0 unspecified atom stereocenters. The number of ether oxygens (including phenoxy) is 2. The molecular weight excluding hydrogens is 314 g/mol. The lowest BCUT2D eigenvalue weighted by molar-refractivity contribution is 0.400. The van der Waals surface area contributed by atoms with E-state index in [9.17, 15) is 8.42 Å². The fraction of sp³-hybridized carbons (Fsp3) is 0.294. The van der Waals surface area contributed by atoms with Gasteiger partial charge in [-0.05, 0) is 37.6 Å². The second-order valence-corrected chi connectivity index (χ2v) is 6.92. The molecule has 2 rings (SSSR count). The van der Waals surface area contributed by atoms with Crippen LogP contribution >= 0.6 is 0 Å². The van der Waals surface area contributed by atoms with E-state index in [2.05, 4.69) is 4.72 Å². The summed E-state index contributed by atoms with van der Waals surface area (Å²) in [6, 6.07) is 11.9. The van der Waals surface area contributed by atoms with Crippen molar-refractivity contribution in [3.63, 3.8) is 0 Å². The van der Waals surface area contributed by atoms with Gasteiger partial charge in [-0.1, -0.05) is 24.3 Å². The lowest BCUT2D eigenvalue weighted by Gasteiger charge is -2.18. The first-order chi connectivity index (χ1) is 10.9. The Kier molecular flexibility index (Phi) is 5.28. The van der Waals surface area contributed by atoms with Gasteiger partial charge in [0.15, 0.2) is 0 Å². The third kappa shape index (κ3) is 3.83. The third-order valence-corrected chi connectivity index (χ3v) is 5.11. The van der Waals surface area contributed by atoms with E-state index in [0.29, 0.717) is 11.5 Å². The lowest BCUT2D eigenvalue weighted by Crippen LogP contribution is -2.27. The number of benzene rings is 2. The van der Waals surface area contributed by atoms with Gasteiger partial charge < -0.3 is 9.47 Å². The van der Waals surface area contributed by atoms with E-state index < -0.39 is 16.1 Å². The molecule has 0 amide bonds. The molecular formula is C17H21NO4S. The van der Waals surface area contributed by atoms with E-state index in [0.717, 1.165) is 11.1 Å². The van der Waals surface area contributed by atoms with Gasteiger partial charge >= 0.3 is 0 Å². The van der Waals surface area contributed by atoms with Crippen molar-refractivity contribution in [2.45, 2.75) is 24.8 Å². The summed E-state index contributed by atoms with van der Waals surface area (Å²) in [5.74, 6) is 0.953. The van der Waals surface area contributed by atoms with Gasteiger partial charge in [0.2, 0.25) is 10.0 Å². The van der Waals surface area contributed by atoms with Gasteiger partial charge in [-0.3, -0.25) is 0 Å². The normalized spacial score (nSPS) is 12.7. The van der Waals surface area contributed by atoms with E-state index in [-0.39, 0.29) is 4.90 Å². The predicted octanol–water partition coefficient (Wildman–Crippen LogP) is 3.05. The van der Waals surface area contributed by atoms with Gasteiger partial charge in [-0.2, -0.15) is 0 Å². The quantitative estimate of drug-likeness (QED) is 0.881. The molecule has 0 fully saturated rings. The molecule has 0 aromatic heterocycles. The Morgan fingerprint density at radius 1 is 1.00 bits per heavy atom. The molecule has 0 spiro atoms. The molecule has 1 N–H and O–H groups in total. The van der Waals surface area contributed by atoms with Gasteiger partial charge in [0.05, 0.1) is 14.2 Å². The van der Waals surface area contributed by atoms with Crippen LogP contribution in [-0.2, 0) is 10.0 Å². The smallest absolute Gasteiger partial charge is 0.244 e. The van der Waals surface area contributed by atoms with Crippen LogP contribution in [0.25, 0.3) is 0 Å². The fourth-order valence-electron chi connectivity index (χ4n) is 2.38. The summed E-state index contributed by atoms with van der Waals surface area (Å²) in [7, 11) is -0.718. The molecule has 1 atom stereocenters. The molecule has 6 heteroatoms. The highest BCUT2D eigenvalue weighted by atomic mass is 32.2. The maximum absolute atomic E-state index is 12.7. The first kappa shape index (κ1) is 17.3. The number of nitrogens with one attached hydrogen (secondary N) is 1. The van der Waals surface area contributed by atoms with E-state index in [1.165, 1.54) is 7.11 Å². The van der Waals surface area contributed by atoms with Gasteiger partial charge in [0, 0.05) is 11.6 Å². The maximum Gasteiger partial charge on any atom is 0.244 e. The van der Waals surface area contributed by atoms with Gasteiger partial charge in [-0.15, -0.1) is 0 Å². The van der Waals surface area contributed by atoms with E-state index in [4.69, 9.17) is 9.47 Å². The monoisotopic (exact) mass is 335 g/mol. The zero-order valence-electron chi connectivity index (χ0n) is 13.7. The SMILES string of the molecule is COc1ccccc1[C@@H](C)NS(=O)(=O)c1cc(C)ccc1OC. The minimum atomic E-state index is -3.73. The largest absolute Gasteiger partial charge is 0.496 e. The third-order valence-electron chi connectivity index (χ3n) is 3.55. The molecule has 5 nitrogen and oxygen atoms in total. The van der Waals surface area contributed by atoms with Crippen LogP contribution < -0.4 is 14.2 Å². The van der Waals surface area contributed by atoms with Crippen molar-refractivity contribution >= 4 is 10.0 Å². The highest BCUT2D eigenvalue weighted by molar-refractivity contribution is 7.89. The molecule has 0 aliphatic rings. The summed E-state index contributed by atoms with van der Waals surface area (Å²) < 4.78 is 38.6. The minimum Gasteiger partial charge on any atom is -0.496 e. The number of para-hydroxylation sites is 1. The fourth-order valence-corrected chi connectivity index (χ4v) is 3.85. The van der Waals surface area contributed by atoms with Crippen molar-refractivity contribution in [2.24, 2.45) is 0 Å². The molecule has 0 aliphatic heterocycles. The van der Waals surface area contributed by atoms with Crippen LogP contribution in [0.5, 0.6) is 11.5 Å². The van der Waals surface area contributed by atoms with Crippen LogP contribution in [0.4, 0.5) is 0 Å². The zero-order chi connectivity index (χ0) is 17.0. The van der Waals surface area contributed by atoms with Gasteiger partial charge in [0.25, 0.3) is 0 Å². The second kappa shape index (κ2) is 7.02. The molecule has 0 aliphatic carbocycles. The molecule has 0 heterocycles. The van der Waals surface area contributed by atoms with Crippen LogP contribution in [0.15, 0.2) is 47.4 Å². The van der Waals surface area contributed by atoms with Crippen molar-refractivity contribution in [3.8, 4) is 11.5 Å². The highest BCUT2D eigenvalue weighted by Gasteiger charge is 2.23. The van der Waals surface area contributed by atoms with Crippen molar-refractivity contribution < 1.29 is 17.9 Å². The number of hydrogen-bond donors (Lipinski definition) is 1. The summed E-state index contributed by atoms with van der Waals surface area (Å²) in [6.45, 7) is 3.61. The van der Waals surface area contributed by atoms with Crippen molar-refractivity contribution in [2.75, 3.05) is 14.2 Å². The van der Waals surface area contributed by atoms with E-state index in [1.54, 1.807) is 32.2 Å². The van der Waals surface area contributed by atoms with Crippen LogP contribution in [0, 0.1) is 6.92 Å². The van der Waals surface area contributed by atoms with Gasteiger partial charge in [0.1, 0.15) is 16.4 Å².